The Balaban J connectivity index is 1.76. The minimum absolute atomic E-state index is 0.0338. The number of phenols is 1. The van der Waals surface area contributed by atoms with Crippen LogP contribution in [0.4, 0.5) is 13.2 Å². The van der Waals surface area contributed by atoms with Crippen LogP contribution < -0.4 is 0 Å². The molecule has 2 aromatic heterocycles. The Labute approximate surface area is 170 Å². The number of halogens is 3. The maximum absolute atomic E-state index is 13.0. The van der Waals surface area contributed by atoms with Gasteiger partial charge in [0.1, 0.15) is 5.75 Å². The van der Waals surface area contributed by atoms with Crippen molar-refractivity contribution in [3.63, 3.8) is 0 Å². The number of aromatic nitrogens is 3. The Morgan fingerprint density at radius 2 is 1.93 bits per heavy atom. The van der Waals surface area contributed by atoms with E-state index in [1.807, 2.05) is 17.7 Å². The van der Waals surface area contributed by atoms with E-state index >= 15 is 0 Å². The van der Waals surface area contributed by atoms with Crippen LogP contribution in [0, 0.1) is 13.8 Å². The van der Waals surface area contributed by atoms with Gasteiger partial charge in [-0.05, 0) is 50.1 Å². The van der Waals surface area contributed by atoms with E-state index in [9.17, 15) is 23.1 Å². The topological polar surface area (TPSA) is 71.2 Å². The number of likely N-dealkylation sites (N-methyl/N-ethyl adjacent to an activating group) is 1. The highest BCUT2D eigenvalue weighted by molar-refractivity contribution is 5.83. The first-order chi connectivity index (χ1) is 14.1. The first-order valence-corrected chi connectivity index (χ1v) is 9.57. The predicted molar refractivity (Wildman–Crippen MR) is 105 cm³/mol. The van der Waals surface area contributed by atoms with Gasteiger partial charge in [-0.1, -0.05) is 0 Å². The number of alkyl halides is 3. The first kappa shape index (κ1) is 20.2. The summed E-state index contributed by atoms with van der Waals surface area (Å²) < 4.78 is 40.9. The number of benzene rings is 1. The summed E-state index contributed by atoms with van der Waals surface area (Å²) in [5.74, 6) is -0.368. The molecule has 0 aliphatic carbocycles. The number of rotatable bonds is 2. The zero-order valence-electron chi connectivity index (χ0n) is 16.8. The van der Waals surface area contributed by atoms with Crippen molar-refractivity contribution in [2.24, 2.45) is 0 Å². The zero-order chi connectivity index (χ0) is 21.8. The lowest BCUT2D eigenvalue weighted by molar-refractivity contribution is -0.137. The lowest BCUT2D eigenvalue weighted by Crippen LogP contribution is -2.38. The summed E-state index contributed by atoms with van der Waals surface area (Å²) in [7, 11) is 1.76. The van der Waals surface area contributed by atoms with Crippen LogP contribution in [0.25, 0.3) is 22.3 Å². The van der Waals surface area contributed by atoms with E-state index in [2.05, 4.69) is 10.1 Å². The lowest BCUT2D eigenvalue weighted by atomic mass is 10.00. The van der Waals surface area contributed by atoms with Gasteiger partial charge < -0.3 is 10.0 Å². The van der Waals surface area contributed by atoms with Gasteiger partial charge in [0.25, 0.3) is 0 Å². The predicted octanol–water partition coefficient (Wildman–Crippen LogP) is 4.23. The molecule has 158 valence electrons. The lowest BCUT2D eigenvalue weighted by Gasteiger charge is -2.30. The molecule has 0 radical (unpaired) electrons. The van der Waals surface area contributed by atoms with Gasteiger partial charge in [-0.25, -0.2) is 4.98 Å². The highest BCUT2D eigenvalue weighted by Crippen LogP contribution is 2.39. The molecule has 1 N–H and O–H groups in total. The molecule has 9 heteroatoms. The normalized spacial score (nSPS) is 17.7. The fraction of sp³-hybridized carbons (Fsp3) is 0.381. The molecule has 3 aromatic rings. The summed E-state index contributed by atoms with van der Waals surface area (Å²) in [5, 5.41) is 15.7. The molecule has 1 aliphatic rings. The Bertz CT molecular complexity index is 1130. The molecule has 1 aromatic carbocycles. The van der Waals surface area contributed by atoms with E-state index in [1.165, 1.54) is 6.92 Å². The van der Waals surface area contributed by atoms with Crippen molar-refractivity contribution in [3.8, 4) is 17.0 Å². The number of pyridine rings is 1. The van der Waals surface area contributed by atoms with E-state index in [4.69, 9.17) is 0 Å². The molecule has 3 heterocycles. The second-order valence-electron chi connectivity index (χ2n) is 7.75. The van der Waals surface area contributed by atoms with Gasteiger partial charge in [0.05, 0.1) is 17.3 Å². The number of nitrogens with zero attached hydrogens (tertiary/aromatic N) is 4. The van der Waals surface area contributed by atoms with Crippen molar-refractivity contribution in [2.75, 3.05) is 13.6 Å². The van der Waals surface area contributed by atoms with Crippen molar-refractivity contribution in [1.82, 2.24) is 19.7 Å². The van der Waals surface area contributed by atoms with Crippen LogP contribution >= 0.6 is 0 Å². The highest BCUT2D eigenvalue weighted by Gasteiger charge is 2.32. The van der Waals surface area contributed by atoms with Crippen molar-refractivity contribution in [2.45, 2.75) is 38.9 Å². The monoisotopic (exact) mass is 418 g/mol. The zero-order valence-corrected chi connectivity index (χ0v) is 16.8. The van der Waals surface area contributed by atoms with Crippen LogP contribution in [0.5, 0.6) is 5.75 Å². The van der Waals surface area contributed by atoms with E-state index in [0.717, 1.165) is 17.1 Å². The second-order valence-corrected chi connectivity index (χ2v) is 7.75. The molecule has 1 amide bonds. The van der Waals surface area contributed by atoms with Crippen molar-refractivity contribution >= 4 is 16.9 Å². The van der Waals surface area contributed by atoms with Crippen LogP contribution in [-0.4, -0.2) is 44.3 Å². The third kappa shape index (κ3) is 3.38. The van der Waals surface area contributed by atoms with E-state index < -0.39 is 17.5 Å². The summed E-state index contributed by atoms with van der Waals surface area (Å²) in [6.07, 6.45) is -3.40. The number of amides is 1. The van der Waals surface area contributed by atoms with E-state index in [1.54, 1.807) is 18.0 Å². The third-order valence-electron chi connectivity index (χ3n) is 5.66. The summed E-state index contributed by atoms with van der Waals surface area (Å²) >= 11 is 0. The number of carbonyl (C=O) groups is 1. The molecule has 4 rings (SSSR count). The highest BCUT2D eigenvalue weighted by atomic mass is 19.4. The van der Waals surface area contributed by atoms with Gasteiger partial charge in [-0.3, -0.25) is 9.48 Å². The van der Waals surface area contributed by atoms with Crippen molar-refractivity contribution in [1.29, 1.82) is 0 Å². The minimum Gasteiger partial charge on any atom is -0.507 e. The maximum atomic E-state index is 13.0. The van der Waals surface area contributed by atoms with Gasteiger partial charge in [0.15, 0.2) is 5.65 Å². The van der Waals surface area contributed by atoms with Gasteiger partial charge in [-0.2, -0.15) is 18.3 Å². The number of carbonyl (C=O) groups excluding carboxylic acids is 1. The molecule has 0 saturated carbocycles. The summed E-state index contributed by atoms with van der Waals surface area (Å²) in [6, 6.07) is 5.23. The number of likely N-dealkylation sites (tertiary alicyclic amines) is 1. The number of piperidine rings is 1. The van der Waals surface area contributed by atoms with Crippen LogP contribution in [0.15, 0.2) is 24.3 Å². The molecule has 1 saturated heterocycles. The summed E-state index contributed by atoms with van der Waals surface area (Å²) in [4.78, 5) is 18.0. The molecule has 0 bridgehead atoms. The summed E-state index contributed by atoms with van der Waals surface area (Å²) in [6.45, 7) is 3.99. The number of aromatic hydroxyl groups is 1. The number of aryl methyl sites for hydroxylation is 2. The molecular weight excluding hydrogens is 397 g/mol. The number of phenolic OH excluding ortho intramolecular Hbond substituents is 1. The Morgan fingerprint density at radius 1 is 1.20 bits per heavy atom. The number of hydrogen-bond acceptors (Lipinski definition) is 4. The van der Waals surface area contributed by atoms with E-state index in [-0.39, 0.29) is 23.1 Å². The SMILES string of the molecule is Cc1cc(C(F)(F)F)cc(O)c1-c1ccc2c(C)n([C@H]3CCC(=O)N(C)C3)nc2n1. The van der Waals surface area contributed by atoms with Crippen LogP contribution in [0.2, 0.25) is 0 Å². The molecule has 1 atom stereocenters. The van der Waals surface area contributed by atoms with Gasteiger partial charge in [0, 0.05) is 36.7 Å². The largest absolute Gasteiger partial charge is 0.507 e. The van der Waals surface area contributed by atoms with Gasteiger partial charge in [0.2, 0.25) is 5.91 Å². The number of fused-ring (bicyclic) bond motifs is 1. The average molecular weight is 418 g/mol. The summed E-state index contributed by atoms with van der Waals surface area (Å²) in [5.41, 5.74) is 1.33. The quantitative estimate of drug-likeness (QED) is 0.676. The third-order valence-corrected chi connectivity index (χ3v) is 5.66. The fourth-order valence-corrected chi connectivity index (χ4v) is 4.06. The maximum Gasteiger partial charge on any atom is 0.416 e. The first-order valence-electron chi connectivity index (χ1n) is 9.57. The van der Waals surface area contributed by atoms with Crippen LogP contribution in [0.3, 0.4) is 0 Å². The van der Waals surface area contributed by atoms with Crippen molar-refractivity contribution < 1.29 is 23.1 Å². The Kier molecular flexibility index (Phi) is 4.71. The van der Waals surface area contributed by atoms with Crippen molar-refractivity contribution in [3.05, 3.63) is 41.1 Å². The molecule has 1 fully saturated rings. The fourth-order valence-electron chi connectivity index (χ4n) is 4.06. The molecule has 6 nitrogen and oxygen atoms in total. The second kappa shape index (κ2) is 7.00. The van der Waals surface area contributed by atoms with Gasteiger partial charge in [-0.15, -0.1) is 0 Å². The molecule has 0 unspecified atom stereocenters. The average Bonchev–Trinajstić information content (AvgIpc) is 2.99. The van der Waals surface area contributed by atoms with Crippen LogP contribution in [0.1, 0.15) is 35.7 Å². The van der Waals surface area contributed by atoms with E-state index in [0.29, 0.717) is 36.8 Å². The van der Waals surface area contributed by atoms with Gasteiger partial charge >= 0.3 is 6.18 Å². The van der Waals surface area contributed by atoms with Crippen LogP contribution in [-0.2, 0) is 11.0 Å². The number of hydrogen-bond donors (Lipinski definition) is 1. The molecule has 1 aliphatic heterocycles. The molecule has 30 heavy (non-hydrogen) atoms. The Hall–Kier alpha value is -3.10. The standard InChI is InChI=1S/C21H21F3N4O2/c1-11-8-13(21(22,23)24)9-17(29)19(11)16-6-5-15-12(2)28(26-20(15)25-16)14-4-7-18(30)27(3)10-14/h5-6,8-9,14,29H,4,7,10H2,1-3H3/t14-/m0/s1. The molecule has 0 spiro atoms. The Morgan fingerprint density at radius 3 is 2.57 bits per heavy atom. The molecular formula is C21H21F3N4O2. The smallest absolute Gasteiger partial charge is 0.416 e. The minimum atomic E-state index is -4.54.